The first kappa shape index (κ1) is 18.0. The van der Waals surface area contributed by atoms with Gasteiger partial charge in [0.1, 0.15) is 0 Å². The predicted octanol–water partition coefficient (Wildman–Crippen LogP) is 4.95. The largest absolute Gasteiger partial charge is 0.377 e. The molecule has 2 saturated heterocycles. The Balaban J connectivity index is 0.000000246. The Morgan fingerprint density at radius 3 is 1.80 bits per heavy atom. The van der Waals surface area contributed by atoms with E-state index in [1.54, 1.807) is 0 Å². The first-order chi connectivity index (χ1) is 8.68. The van der Waals surface area contributed by atoms with Crippen molar-refractivity contribution in [1.29, 1.82) is 0 Å². The fourth-order valence-corrected chi connectivity index (χ4v) is 2.78. The molecule has 0 bridgehead atoms. The van der Waals surface area contributed by atoms with Gasteiger partial charge in [-0.2, -0.15) is 0 Å². The van der Waals surface area contributed by atoms with E-state index in [4.69, 9.17) is 4.74 Å². The molecule has 2 rings (SSSR count). The smallest absolute Gasteiger partial charge is 0.283 e. The molecule has 0 aromatic heterocycles. The van der Waals surface area contributed by atoms with E-state index < -0.39 is 16.5 Å². The third kappa shape index (κ3) is 7.64. The summed E-state index contributed by atoms with van der Waals surface area (Å²) >= 11 is 0. The molecule has 2 fully saturated rings. The number of halogens is 5. The summed E-state index contributed by atoms with van der Waals surface area (Å²) in [5.74, 6) is 0. The molecule has 0 unspecified atom stereocenters. The first-order valence-electron chi connectivity index (χ1n) is 6.78. The van der Waals surface area contributed by atoms with Gasteiger partial charge in [0, 0.05) is 5.54 Å². The van der Waals surface area contributed by atoms with Crippen LogP contribution in [-0.2, 0) is 4.74 Å². The van der Waals surface area contributed by atoms with Gasteiger partial charge in [-0.15, -0.1) is 0 Å². The van der Waals surface area contributed by atoms with Crippen molar-refractivity contribution in [2.45, 2.75) is 51.2 Å². The van der Waals surface area contributed by atoms with Gasteiger partial charge in [-0.25, -0.2) is 0 Å². The zero-order valence-corrected chi connectivity index (χ0v) is 13.0. The molecule has 0 aliphatic carbocycles. The van der Waals surface area contributed by atoms with Crippen molar-refractivity contribution in [3.63, 3.8) is 0 Å². The fourth-order valence-electron chi connectivity index (χ4n) is 2.78. The number of rotatable bonds is 3. The summed E-state index contributed by atoms with van der Waals surface area (Å²) in [4.78, 5) is 2.65. The molecule has 124 valence electrons. The van der Waals surface area contributed by atoms with E-state index in [0.717, 1.165) is 6.61 Å². The highest BCUT2D eigenvalue weighted by atomic mass is 32.5. The van der Waals surface area contributed by atoms with Crippen LogP contribution in [0.3, 0.4) is 0 Å². The van der Waals surface area contributed by atoms with Crippen molar-refractivity contribution in [1.82, 2.24) is 4.90 Å². The van der Waals surface area contributed by atoms with E-state index in [0.29, 0.717) is 11.6 Å². The summed E-state index contributed by atoms with van der Waals surface area (Å²) in [7, 11) is -8.97. The van der Waals surface area contributed by atoms with E-state index in [2.05, 4.69) is 18.7 Å². The quantitative estimate of drug-likeness (QED) is 0.680. The highest BCUT2D eigenvalue weighted by Gasteiger charge is 2.57. The molecule has 0 saturated carbocycles. The van der Waals surface area contributed by atoms with E-state index in [1.807, 2.05) is 0 Å². The second kappa shape index (κ2) is 4.98. The molecule has 0 radical (unpaired) electrons. The van der Waals surface area contributed by atoms with Gasteiger partial charge < -0.3 is 4.74 Å². The third-order valence-electron chi connectivity index (χ3n) is 3.50. The fraction of sp³-hybridized carbons (Fsp3) is 1.00. The van der Waals surface area contributed by atoms with Crippen LogP contribution >= 0.6 is 10.2 Å². The zero-order valence-electron chi connectivity index (χ0n) is 12.2. The monoisotopic (exact) mass is 325 g/mol. The van der Waals surface area contributed by atoms with Crippen LogP contribution in [0.5, 0.6) is 0 Å². The molecule has 2 aliphatic heterocycles. The molecule has 0 aromatic rings. The van der Waals surface area contributed by atoms with Gasteiger partial charge in [-0.3, -0.25) is 4.90 Å². The molecule has 0 N–H and O–H groups in total. The summed E-state index contributed by atoms with van der Waals surface area (Å²) in [6.45, 7) is 7.84. The molecule has 2 heterocycles. The lowest BCUT2D eigenvalue weighted by Crippen LogP contribution is -2.43. The molecule has 0 aromatic carbocycles. The van der Waals surface area contributed by atoms with E-state index in [9.17, 15) is 19.4 Å². The van der Waals surface area contributed by atoms with Gasteiger partial charge >= 0.3 is 0 Å². The zero-order chi connectivity index (χ0) is 15.7. The van der Waals surface area contributed by atoms with Crippen LogP contribution in [0.2, 0.25) is 0 Å². The van der Waals surface area contributed by atoms with Gasteiger partial charge in [0.25, 0.3) is 10.2 Å². The molecule has 0 amide bonds. The summed E-state index contributed by atoms with van der Waals surface area (Å²) < 4.78 is 58.4. The lowest BCUT2D eigenvalue weighted by molar-refractivity contribution is 0.00312. The van der Waals surface area contributed by atoms with Crippen molar-refractivity contribution < 1.29 is 24.2 Å². The lowest BCUT2D eigenvalue weighted by atomic mass is 9.95. The van der Waals surface area contributed by atoms with Gasteiger partial charge in [0.2, 0.25) is 0 Å². The summed E-state index contributed by atoms with van der Waals surface area (Å²) in [5.41, 5.74) is 0.449. The van der Waals surface area contributed by atoms with E-state index in [1.165, 1.54) is 38.8 Å². The molecular weight excluding hydrogens is 301 g/mol. The molecule has 20 heavy (non-hydrogen) atoms. The Bertz CT molecular complexity index is 318. The second-order valence-corrected chi connectivity index (χ2v) is 8.84. The van der Waals surface area contributed by atoms with Crippen LogP contribution in [0.1, 0.15) is 39.5 Å². The molecular formula is C12H24F5NOS. The van der Waals surface area contributed by atoms with Crippen molar-refractivity contribution >= 4 is 10.2 Å². The highest BCUT2D eigenvalue weighted by Crippen LogP contribution is 2.95. The summed E-state index contributed by atoms with van der Waals surface area (Å²) in [6, 6.07) is 0. The Hall–Kier alpha value is -0.0800. The van der Waals surface area contributed by atoms with Crippen molar-refractivity contribution in [3.8, 4) is 0 Å². The maximum Gasteiger partial charge on any atom is 0.283 e. The summed E-state index contributed by atoms with van der Waals surface area (Å²) in [6.07, 6.45) is 4.87. The number of ether oxygens (including phenoxy) is 1. The van der Waals surface area contributed by atoms with Crippen LogP contribution in [0.25, 0.3) is 0 Å². The molecule has 8 heteroatoms. The lowest BCUT2D eigenvalue weighted by Gasteiger charge is -2.35. The topological polar surface area (TPSA) is 12.5 Å². The average molecular weight is 325 g/mol. The first-order valence-corrected chi connectivity index (χ1v) is 9.14. The second-order valence-electron chi connectivity index (χ2n) is 6.13. The maximum absolute atomic E-state index is 10.5. The molecule has 0 atom stereocenters. The number of hydrogen-bond donors (Lipinski definition) is 0. The van der Waals surface area contributed by atoms with Gasteiger partial charge in [0.15, 0.2) is 0 Å². The Morgan fingerprint density at radius 1 is 1.05 bits per heavy atom. The Kier molecular flexibility index (Phi) is 4.48. The Morgan fingerprint density at radius 2 is 1.45 bits per heavy atom. The van der Waals surface area contributed by atoms with Gasteiger partial charge in [-0.1, -0.05) is 19.4 Å². The SMILES string of the molecule is CC(C)OCC12CCCN1CCC2.CS(F)(F)(F)(F)F. The predicted molar refractivity (Wildman–Crippen MR) is 72.9 cm³/mol. The van der Waals surface area contributed by atoms with Crippen LogP contribution in [0.15, 0.2) is 0 Å². The van der Waals surface area contributed by atoms with Gasteiger partial charge in [-0.05, 0) is 52.6 Å². The van der Waals surface area contributed by atoms with Crippen molar-refractivity contribution in [2.75, 3.05) is 26.0 Å². The maximum atomic E-state index is 10.5. The van der Waals surface area contributed by atoms with E-state index in [-0.39, 0.29) is 0 Å². The van der Waals surface area contributed by atoms with Crippen LogP contribution in [0.4, 0.5) is 19.4 Å². The number of hydrogen-bond acceptors (Lipinski definition) is 2. The highest BCUT2D eigenvalue weighted by molar-refractivity contribution is 8.45. The van der Waals surface area contributed by atoms with E-state index >= 15 is 0 Å². The van der Waals surface area contributed by atoms with Crippen LogP contribution in [0, 0.1) is 0 Å². The minimum atomic E-state index is -8.97. The summed E-state index contributed by atoms with van der Waals surface area (Å²) in [5, 5.41) is 0. The third-order valence-corrected chi connectivity index (χ3v) is 3.50. The van der Waals surface area contributed by atoms with Crippen molar-refractivity contribution in [2.24, 2.45) is 0 Å². The average Bonchev–Trinajstić information content (AvgIpc) is 2.67. The normalized spacial score (nSPS) is 25.6. The Labute approximate surface area is 117 Å². The van der Waals surface area contributed by atoms with Crippen LogP contribution < -0.4 is 0 Å². The molecule has 0 spiro atoms. The standard InChI is InChI=1S/C11H21NO.CH3F5S/c1-10(2)13-9-11-5-3-7-12(11)8-4-6-11;1-7(2,3,4,5)6/h10H,3-9H2,1-2H3;1H3. The minimum absolute atomic E-state index is 0.387. The van der Waals surface area contributed by atoms with Crippen LogP contribution in [-0.4, -0.2) is 42.5 Å². The number of fused-ring (bicyclic) bond motifs is 1. The molecule has 2 nitrogen and oxygen atoms in total. The van der Waals surface area contributed by atoms with Crippen molar-refractivity contribution in [3.05, 3.63) is 0 Å². The number of nitrogens with zero attached hydrogens (tertiary/aromatic N) is 1. The minimum Gasteiger partial charge on any atom is -0.377 e. The molecule has 2 aliphatic rings. The van der Waals surface area contributed by atoms with Gasteiger partial charge in [0.05, 0.1) is 19.0 Å².